The summed E-state index contributed by atoms with van der Waals surface area (Å²) < 4.78 is 11.9. The lowest BCUT2D eigenvalue weighted by molar-refractivity contribution is -0.177. The summed E-state index contributed by atoms with van der Waals surface area (Å²) in [4.78, 5) is 12.3. The number of hydrogen-bond donors (Lipinski definition) is 0. The Balaban J connectivity index is 2.05. The van der Waals surface area contributed by atoms with Crippen molar-refractivity contribution in [2.24, 2.45) is 17.8 Å². The summed E-state index contributed by atoms with van der Waals surface area (Å²) in [6.45, 7) is 13.1. The smallest absolute Gasteiger partial charge is 0.203 e. The minimum absolute atomic E-state index is 0.0933. The van der Waals surface area contributed by atoms with Crippen molar-refractivity contribution < 1.29 is 14.3 Å². The second-order valence-electron chi connectivity index (χ2n) is 6.41. The van der Waals surface area contributed by atoms with Crippen LogP contribution < -0.4 is 0 Å². The Morgan fingerprint density at radius 1 is 1.38 bits per heavy atom. The summed E-state index contributed by atoms with van der Waals surface area (Å²) in [6, 6.07) is 0. The van der Waals surface area contributed by atoms with Crippen molar-refractivity contribution in [3.8, 4) is 0 Å². The van der Waals surface area contributed by atoms with Gasteiger partial charge < -0.3 is 9.47 Å². The fourth-order valence-corrected chi connectivity index (χ4v) is 4.16. The van der Waals surface area contributed by atoms with Gasteiger partial charge in [0.15, 0.2) is 5.78 Å². The molecule has 3 nitrogen and oxygen atoms in total. The maximum absolute atomic E-state index is 12.3. The molecule has 0 saturated heterocycles. The van der Waals surface area contributed by atoms with Gasteiger partial charge in [0.2, 0.25) is 6.29 Å². The minimum atomic E-state index is -0.275. The van der Waals surface area contributed by atoms with Crippen molar-refractivity contribution in [3.63, 3.8) is 0 Å². The summed E-state index contributed by atoms with van der Waals surface area (Å²) in [5, 5.41) is 0. The second-order valence-corrected chi connectivity index (χ2v) is 6.41. The summed E-state index contributed by atoms with van der Waals surface area (Å²) in [6.07, 6.45) is 2.99. The summed E-state index contributed by atoms with van der Waals surface area (Å²) in [7, 11) is 0. The molecular formula is C18H24O3. The van der Waals surface area contributed by atoms with E-state index in [-0.39, 0.29) is 23.9 Å². The van der Waals surface area contributed by atoms with E-state index in [1.165, 1.54) is 0 Å². The van der Waals surface area contributed by atoms with Gasteiger partial charge in [-0.15, -0.1) is 0 Å². The molecule has 0 aromatic rings. The molecule has 0 aromatic carbocycles. The fourth-order valence-electron chi connectivity index (χ4n) is 4.16. The van der Waals surface area contributed by atoms with E-state index < -0.39 is 0 Å². The predicted molar refractivity (Wildman–Crippen MR) is 81.4 cm³/mol. The van der Waals surface area contributed by atoms with E-state index in [4.69, 9.17) is 9.47 Å². The highest BCUT2D eigenvalue weighted by molar-refractivity contribution is 5.99. The molecule has 0 aromatic heterocycles. The average molecular weight is 288 g/mol. The topological polar surface area (TPSA) is 35.5 Å². The van der Waals surface area contributed by atoms with Crippen molar-refractivity contribution in [1.82, 2.24) is 0 Å². The van der Waals surface area contributed by atoms with Crippen LogP contribution in [0.15, 0.2) is 35.6 Å². The molecule has 1 saturated carbocycles. The molecule has 0 amide bonds. The Morgan fingerprint density at radius 3 is 2.81 bits per heavy atom. The van der Waals surface area contributed by atoms with E-state index in [0.717, 1.165) is 35.3 Å². The third-order valence-corrected chi connectivity index (χ3v) is 5.09. The number of ketones is 1. The Labute approximate surface area is 126 Å². The van der Waals surface area contributed by atoms with Gasteiger partial charge in [0.05, 0.1) is 0 Å². The van der Waals surface area contributed by atoms with Crippen molar-refractivity contribution in [2.45, 2.75) is 45.8 Å². The van der Waals surface area contributed by atoms with Crippen LogP contribution in [-0.2, 0) is 14.3 Å². The van der Waals surface area contributed by atoms with Crippen LogP contribution in [-0.4, -0.2) is 18.7 Å². The molecule has 1 heterocycles. The Bertz CT molecular complexity index is 529. The van der Waals surface area contributed by atoms with Crippen LogP contribution in [0.2, 0.25) is 0 Å². The Kier molecular flexibility index (Phi) is 3.78. The van der Waals surface area contributed by atoms with E-state index in [1.54, 1.807) is 0 Å². The molecule has 0 spiro atoms. The van der Waals surface area contributed by atoms with Crippen LogP contribution in [0.25, 0.3) is 0 Å². The van der Waals surface area contributed by atoms with E-state index >= 15 is 0 Å². The molecule has 4 atom stereocenters. The molecule has 3 aliphatic rings. The van der Waals surface area contributed by atoms with Gasteiger partial charge >= 0.3 is 0 Å². The maximum atomic E-state index is 12.3. The number of Topliss-reactive ketones (excluding diaryl/α,β-unsaturated/α-hetero) is 1. The largest absolute Gasteiger partial charge is 0.468 e. The van der Waals surface area contributed by atoms with Gasteiger partial charge in [0, 0.05) is 36.9 Å². The lowest BCUT2D eigenvalue weighted by Gasteiger charge is -2.46. The summed E-state index contributed by atoms with van der Waals surface area (Å²) >= 11 is 0. The maximum Gasteiger partial charge on any atom is 0.203 e. The van der Waals surface area contributed by atoms with Gasteiger partial charge in [0.25, 0.3) is 0 Å². The molecule has 1 aliphatic heterocycles. The van der Waals surface area contributed by atoms with Gasteiger partial charge in [-0.1, -0.05) is 24.3 Å². The molecule has 114 valence electrons. The van der Waals surface area contributed by atoms with Gasteiger partial charge in [-0.25, -0.2) is 0 Å². The standard InChI is InChI=1S/C18H24O3/c1-5-20-18-16-12(10(2)3)7-6-11(4)15(16)17-13(19)8-9-14(17)21-18/h12,15-16,18H,2,4-9H2,1,3H3/t12-,15-,16-,18+/m1/s1. The Hall–Kier alpha value is -1.35. The molecule has 1 fully saturated rings. The van der Waals surface area contributed by atoms with E-state index in [2.05, 4.69) is 20.1 Å². The second kappa shape index (κ2) is 5.45. The fraction of sp³-hybridized carbons (Fsp3) is 0.611. The lowest BCUT2D eigenvalue weighted by Crippen LogP contribution is -2.45. The van der Waals surface area contributed by atoms with Crippen LogP contribution in [0.1, 0.15) is 39.5 Å². The highest BCUT2D eigenvalue weighted by Crippen LogP contribution is 2.52. The molecule has 0 N–H and O–H groups in total. The molecule has 0 bridgehead atoms. The van der Waals surface area contributed by atoms with Gasteiger partial charge in [-0.2, -0.15) is 0 Å². The number of fused-ring (bicyclic) bond motifs is 2. The van der Waals surface area contributed by atoms with Gasteiger partial charge in [-0.3, -0.25) is 4.79 Å². The molecule has 0 radical (unpaired) electrons. The molecular weight excluding hydrogens is 264 g/mol. The van der Waals surface area contributed by atoms with Crippen LogP contribution in [0.3, 0.4) is 0 Å². The normalized spacial score (nSPS) is 35.3. The Morgan fingerprint density at radius 2 is 2.14 bits per heavy atom. The molecule has 2 aliphatic carbocycles. The monoisotopic (exact) mass is 288 g/mol. The SMILES string of the molecule is C=C1CC[C@H](C(=C)C)[C@H]2[C@@H](OCC)OC3=C(C(=O)CC3)[C@H]12. The third kappa shape index (κ3) is 2.28. The zero-order valence-corrected chi connectivity index (χ0v) is 13.0. The average Bonchev–Trinajstić information content (AvgIpc) is 2.80. The summed E-state index contributed by atoms with van der Waals surface area (Å²) in [5.74, 6) is 1.65. The van der Waals surface area contributed by atoms with Crippen LogP contribution in [0, 0.1) is 17.8 Å². The quantitative estimate of drug-likeness (QED) is 0.742. The number of carbonyl (C=O) groups excluding carboxylic acids is 1. The number of ether oxygens (including phenoxy) is 2. The first-order chi connectivity index (χ1) is 10.0. The summed E-state index contributed by atoms with van der Waals surface area (Å²) in [5.41, 5.74) is 3.19. The van der Waals surface area contributed by atoms with Crippen LogP contribution in [0.5, 0.6) is 0 Å². The van der Waals surface area contributed by atoms with Crippen molar-refractivity contribution >= 4 is 5.78 Å². The molecule has 3 heteroatoms. The molecule has 0 unspecified atom stereocenters. The van der Waals surface area contributed by atoms with Crippen molar-refractivity contribution in [1.29, 1.82) is 0 Å². The first kappa shape index (κ1) is 14.6. The van der Waals surface area contributed by atoms with Crippen molar-refractivity contribution in [2.75, 3.05) is 6.61 Å². The number of carbonyl (C=O) groups is 1. The first-order valence-corrected chi connectivity index (χ1v) is 7.92. The van der Waals surface area contributed by atoms with Crippen LogP contribution in [0.4, 0.5) is 0 Å². The van der Waals surface area contributed by atoms with E-state index in [9.17, 15) is 4.79 Å². The van der Waals surface area contributed by atoms with E-state index in [1.807, 2.05) is 6.92 Å². The number of allylic oxidation sites excluding steroid dienone is 4. The van der Waals surface area contributed by atoms with Crippen molar-refractivity contribution in [3.05, 3.63) is 35.6 Å². The third-order valence-electron chi connectivity index (χ3n) is 5.09. The molecule has 21 heavy (non-hydrogen) atoms. The first-order valence-electron chi connectivity index (χ1n) is 7.92. The number of rotatable bonds is 3. The zero-order valence-electron chi connectivity index (χ0n) is 13.0. The zero-order chi connectivity index (χ0) is 15.1. The van der Waals surface area contributed by atoms with Gasteiger partial charge in [0.1, 0.15) is 5.76 Å². The van der Waals surface area contributed by atoms with Crippen LogP contribution >= 0.6 is 0 Å². The highest BCUT2D eigenvalue weighted by Gasteiger charge is 2.50. The predicted octanol–water partition coefficient (Wildman–Crippen LogP) is 3.77. The molecule has 3 rings (SSSR count). The minimum Gasteiger partial charge on any atom is -0.468 e. The lowest BCUT2D eigenvalue weighted by atomic mass is 9.63. The van der Waals surface area contributed by atoms with E-state index in [0.29, 0.717) is 25.4 Å². The number of hydrogen-bond acceptors (Lipinski definition) is 3. The highest BCUT2D eigenvalue weighted by atomic mass is 16.7. The van der Waals surface area contributed by atoms with Gasteiger partial charge in [-0.05, 0) is 32.6 Å².